The topological polar surface area (TPSA) is 122 Å². The van der Waals surface area contributed by atoms with Gasteiger partial charge in [-0.1, -0.05) is 6.92 Å². The molecule has 0 heterocycles. The Morgan fingerprint density at radius 3 is 2.67 bits per heavy atom. The summed E-state index contributed by atoms with van der Waals surface area (Å²) in [5, 5.41) is 23.7. The van der Waals surface area contributed by atoms with Crippen LogP contribution in [0, 0.1) is 21.8 Å². The number of nitrogens with zero attached hydrogens (tertiary/aromatic N) is 1. The van der Waals surface area contributed by atoms with Crippen molar-refractivity contribution in [1.82, 2.24) is 5.32 Å². The molecule has 9 heteroatoms. The van der Waals surface area contributed by atoms with Crippen LogP contribution in [0.15, 0.2) is 18.2 Å². The first-order chi connectivity index (χ1) is 9.79. The zero-order chi connectivity index (χ0) is 16.0. The van der Waals surface area contributed by atoms with E-state index in [1.165, 1.54) is 6.07 Å². The molecule has 1 rings (SSSR count). The largest absolute Gasteiger partial charge is 0.481 e. The van der Waals surface area contributed by atoms with Crippen LogP contribution in [-0.2, 0) is 4.79 Å². The van der Waals surface area contributed by atoms with Gasteiger partial charge in [-0.2, -0.15) is 4.39 Å². The number of nitro benzene ring substituents is 1. The van der Waals surface area contributed by atoms with Gasteiger partial charge in [-0.25, -0.2) is 4.79 Å². The minimum atomic E-state index is -1.06. The Labute approximate surface area is 119 Å². The van der Waals surface area contributed by atoms with Crippen LogP contribution in [0.1, 0.15) is 13.3 Å². The maximum Gasteiger partial charge on any atom is 0.319 e. The number of carbonyl (C=O) groups is 2. The number of aliphatic carboxylic acids is 1. The van der Waals surface area contributed by atoms with Gasteiger partial charge in [0, 0.05) is 30.8 Å². The molecule has 0 aliphatic carbocycles. The highest BCUT2D eigenvalue weighted by Crippen LogP contribution is 2.20. The Kier molecular flexibility index (Phi) is 5.58. The number of rotatable bonds is 6. The highest BCUT2D eigenvalue weighted by Gasteiger charge is 2.15. The predicted molar refractivity (Wildman–Crippen MR) is 71.5 cm³/mol. The Hall–Kier alpha value is -2.71. The van der Waals surface area contributed by atoms with Crippen LogP contribution in [-0.4, -0.2) is 28.6 Å². The molecule has 114 valence electrons. The van der Waals surface area contributed by atoms with Crippen LogP contribution < -0.4 is 10.6 Å². The minimum absolute atomic E-state index is 0.0569. The molecule has 0 aromatic heterocycles. The number of halogens is 1. The lowest BCUT2D eigenvalue weighted by atomic mass is 10.1. The SMILES string of the molecule is CC(CNC(=O)Nc1ccc([N+](=O)[O-])c(F)c1)CC(=O)O. The third kappa shape index (κ3) is 5.43. The molecule has 0 bridgehead atoms. The smallest absolute Gasteiger partial charge is 0.319 e. The molecule has 0 spiro atoms. The summed E-state index contributed by atoms with van der Waals surface area (Å²) in [6, 6.07) is 2.32. The van der Waals surface area contributed by atoms with Gasteiger partial charge in [0.1, 0.15) is 0 Å². The number of benzene rings is 1. The van der Waals surface area contributed by atoms with Crippen molar-refractivity contribution < 1.29 is 24.0 Å². The van der Waals surface area contributed by atoms with E-state index in [1.54, 1.807) is 6.92 Å². The molecule has 0 saturated heterocycles. The number of carboxylic acid groups (broad SMARTS) is 1. The Balaban J connectivity index is 2.53. The number of nitro groups is 1. The molecule has 2 amide bonds. The van der Waals surface area contributed by atoms with Crippen LogP contribution in [0.25, 0.3) is 0 Å². The molecule has 0 aliphatic rings. The summed E-state index contributed by atoms with van der Waals surface area (Å²) in [5.74, 6) is -2.29. The van der Waals surface area contributed by atoms with Gasteiger partial charge in [-0.05, 0) is 12.0 Å². The van der Waals surface area contributed by atoms with Crippen LogP contribution in [0.4, 0.5) is 20.6 Å². The van der Waals surface area contributed by atoms with E-state index in [9.17, 15) is 24.1 Å². The molecule has 1 aromatic rings. The maximum atomic E-state index is 13.3. The number of hydrogen-bond donors (Lipinski definition) is 3. The zero-order valence-electron chi connectivity index (χ0n) is 11.1. The fourth-order valence-corrected chi connectivity index (χ4v) is 1.55. The van der Waals surface area contributed by atoms with Crippen molar-refractivity contribution in [1.29, 1.82) is 0 Å². The molecule has 0 aliphatic heterocycles. The number of amides is 2. The van der Waals surface area contributed by atoms with Crippen molar-refractivity contribution in [2.75, 3.05) is 11.9 Å². The third-order valence-electron chi connectivity index (χ3n) is 2.54. The summed E-state index contributed by atoms with van der Waals surface area (Å²) in [7, 11) is 0. The van der Waals surface area contributed by atoms with E-state index in [0.29, 0.717) is 0 Å². The normalized spacial score (nSPS) is 11.5. The van der Waals surface area contributed by atoms with E-state index in [2.05, 4.69) is 10.6 Å². The summed E-state index contributed by atoms with van der Waals surface area (Å²) < 4.78 is 13.3. The molecule has 0 fully saturated rings. The third-order valence-corrected chi connectivity index (χ3v) is 2.54. The molecular weight excluding hydrogens is 285 g/mol. The predicted octanol–water partition coefficient (Wildman–Crippen LogP) is 1.97. The van der Waals surface area contributed by atoms with E-state index in [-0.39, 0.29) is 24.6 Å². The molecule has 1 aromatic carbocycles. The number of carbonyl (C=O) groups excluding carboxylic acids is 1. The van der Waals surface area contributed by atoms with Gasteiger partial charge in [0.15, 0.2) is 0 Å². The summed E-state index contributed by atoms with van der Waals surface area (Å²) >= 11 is 0. The fourth-order valence-electron chi connectivity index (χ4n) is 1.55. The first-order valence-corrected chi connectivity index (χ1v) is 6.00. The van der Waals surface area contributed by atoms with Gasteiger partial charge >= 0.3 is 17.7 Å². The summed E-state index contributed by atoms with van der Waals surface area (Å²) in [6.45, 7) is 1.79. The number of hydrogen-bond acceptors (Lipinski definition) is 4. The Morgan fingerprint density at radius 1 is 1.48 bits per heavy atom. The van der Waals surface area contributed by atoms with E-state index in [4.69, 9.17) is 5.11 Å². The van der Waals surface area contributed by atoms with Crippen LogP contribution in [0.2, 0.25) is 0 Å². The van der Waals surface area contributed by atoms with E-state index in [0.717, 1.165) is 12.1 Å². The number of urea groups is 1. The monoisotopic (exact) mass is 299 g/mol. The van der Waals surface area contributed by atoms with E-state index >= 15 is 0 Å². The van der Waals surface area contributed by atoms with Crippen LogP contribution in [0.3, 0.4) is 0 Å². The highest BCUT2D eigenvalue weighted by molar-refractivity contribution is 5.89. The van der Waals surface area contributed by atoms with Crippen molar-refractivity contribution in [3.05, 3.63) is 34.1 Å². The quantitative estimate of drug-likeness (QED) is 0.547. The lowest BCUT2D eigenvalue weighted by molar-refractivity contribution is -0.387. The summed E-state index contributed by atoms with van der Waals surface area (Å²) in [4.78, 5) is 31.5. The highest BCUT2D eigenvalue weighted by atomic mass is 19.1. The van der Waals surface area contributed by atoms with Gasteiger partial charge in [0.25, 0.3) is 0 Å². The Morgan fingerprint density at radius 2 is 2.14 bits per heavy atom. The first kappa shape index (κ1) is 16.3. The van der Waals surface area contributed by atoms with E-state index < -0.39 is 28.4 Å². The number of anilines is 1. The van der Waals surface area contributed by atoms with Crippen LogP contribution in [0.5, 0.6) is 0 Å². The second-order valence-corrected chi connectivity index (χ2v) is 4.46. The molecule has 1 unspecified atom stereocenters. The van der Waals surface area contributed by atoms with Crippen molar-refractivity contribution in [3.8, 4) is 0 Å². The number of carboxylic acids is 1. The summed E-state index contributed by atoms with van der Waals surface area (Å²) in [6.07, 6.45) is -0.0908. The average Bonchev–Trinajstić information content (AvgIpc) is 2.35. The lowest BCUT2D eigenvalue weighted by Gasteiger charge is -2.11. The van der Waals surface area contributed by atoms with Gasteiger partial charge < -0.3 is 15.7 Å². The van der Waals surface area contributed by atoms with Gasteiger partial charge in [-0.15, -0.1) is 0 Å². The average molecular weight is 299 g/mol. The molecular formula is C12H14FN3O5. The molecule has 0 saturated carbocycles. The van der Waals surface area contributed by atoms with Gasteiger partial charge in [-0.3, -0.25) is 14.9 Å². The zero-order valence-corrected chi connectivity index (χ0v) is 11.1. The molecule has 0 radical (unpaired) electrons. The van der Waals surface area contributed by atoms with E-state index in [1.807, 2.05) is 0 Å². The standard InChI is InChI=1S/C12H14FN3O5/c1-7(4-11(17)18)6-14-12(19)15-8-2-3-10(16(20)21)9(13)5-8/h2-3,5,7H,4,6H2,1H3,(H,17,18)(H2,14,15,19). The Bertz CT molecular complexity index is 564. The van der Waals surface area contributed by atoms with Crippen molar-refractivity contribution >= 4 is 23.4 Å². The van der Waals surface area contributed by atoms with Gasteiger partial charge in [0.2, 0.25) is 5.82 Å². The molecule has 1 atom stereocenters. The van der Waals surface area contributed by atoms with Crippen LogP contribution >= 0.6 is 0 Å². The minimum Gasteiger partial charge on any atom is -0.481 e. The molecule has 21 heavy (non-hydrogen) atoms. The van der Waals surface area contributed by atoms with Gasteiger partial charge in [0.05, 0.1) is 4.92 Å². The maximum absolute atomic E-state index is 13.3. The number of nitrogens with one attached hydrogen (secondary N) is 2. The van der Waals surface area contributed by atoms with Crippen molar-refractivity contribution in [3.63, 3.8) is 0 Å². The second-order valence-electron chi connectivity index (χ2n) is 4.46. The first-order valence-electron chi connectivity index (χ1n) is 6.00. The van der Waals surface area contributed by atoms with Crippen molar-refractivity contribution in [2.45, 2.75) is 13.3 Å². The molecule has 3 N–H and O–H groups in total. The lowest BCUT2D eigenvalue weighted by Crippen LogP contribution is -2.33. The fraction of sp³-hybridized carbons (Fsp3) is 0.333. The summed E-state index contributed by atoms with van der Waals surface area (Å²) in [5.41, 5.74) is -0.627. The molecule has 8 nitrogen and oxygen atoms in total. The van der Waals surface area contributed by atoms with Crippen molar-refractivity contribution in [2.24, 2.45) is 5.92 Å². The second kappa shape index (κ2) is 7.17.